The maximum atomic E-state index is 11.2. The van der Waals surface area contributed by atoms with Crippen LogP contribution in [0.5, 0.6) is 0 Å². The molecule has 0 saturated heterocycles. The molecule has 0 radical (unpaired) electrons. The van der Waals surface area contributed by atoms with E-state index in [1.165, 1.54) is 0 Å². The number of amides is 1. The average molecular weight is 265 g/mol. The summed E-state index contributed by atoms with van der Waals surface area (Å²) in [6.45, 7) is 3.73. The molecule has 0 saturated carbocycles. The van der Waals surface area contributed by atoms with Gasteiger partial charge in [-0.1, -0.05) is 13.8 Å². The first-order valence-corrected chi connectivity index (χ1v) is 7.35. The summed E-state index contributed by atoms with van der Waals surface area (Å²) in [5.41, 5.74) is 0. The van der Waals surface area contributed by atoms with Crippen LogP contribution in [0.2, 0.25) is 0 Å². The molecule has 1 atom stereocenters. The van der Waals surface area contributed by atoms with Crippen LogP contribution in [-0.2, 0) is 19.4 Å². The van der Waals surface area contributed by atoms with E-state index in [0.717, 1.165) is 6.26 Å². The zero-order valence-corrected chi connectivity index (χ0v) is 11.1. The Bertz CT molecular complexity index is 374. The van der Waals surface area contributed by atoms with Crippen molar-refractivity contribution >= 4 is 21.7 Å². The van der Waals surface area contributed by atoms with E-state index >= 15 is 0 Å². The standard InChI is InChI=1S/C10H19NO5S/c1-7(2)4-8(10(13)14)5-11-9(12)6-17(3,15)16/h7-8H,4-6H2,1-3H3,(H,11,12)(H,13,14). The van der Waals surface area contributed by atoms with Crippen LogP contribution in [-0.4, -0.2) is 44.0 Å². The topological polar surface area (TPSA) is 101 Å². The van der Waals surface area contributed by atoms with Crippen LogP contribution < -0.4 is 5.32 Å². The number of sulfone groups is 1. The summed E-state index contributed by atoms with van der Waals surface area (Å²) in [5.74, 6) is -2.75. The van der Waals surface area contributed by atoms with Gasteiger partial charge in [-0.2, -0.15) is 0 Å². The zero-order chi connectivity index (χ0) is 13.6. The molecule has 0 spiro atoms. The van der Waals surface area contributed by atoms with Crippen molar-refractivity contribution in [1.29, 1.82) is 0 Å². The summed E-state index contributed by atoms with van der Waals surface area (Å²) in [6.07, 6.45) is 1.39. The van der Waals surface area contributed by atoms with Crippen molar-refractivity contribution in [2.75, 3.05) is 18.6 Å². The van der Waals surface area contributed by atoms with Gasteiger partial charge in [0, 0.05) is 12.8 Å². The largest absolute Gasteiger partial charge is 0.481 e. The molecule has 100 valence electrons. The third-order valence-electron chi connectivity index (χ3n) is 2.04. The average Bonchev–Trinajstić information content (AvgIpc) is 2.08. The maximum absolute atomic E-state index is 11.2. The Balaban J connectivity index is 4.22. The summed E-state index contributed by atoms with van der Waals surface area (Å²) in [5, 5.41) is 11.2. The predicted octanol–water partition coefficient (Wildman–Crippen LogP) is -0.106. The van der Waals surface area contributed by atoms with E-state index in [4.69, 9.17) is 5.11 Å². The van der Waals surface area contributed by atoms with Crippen molar-refractivity contribution in [3.63, 3.8) is 0 Å². The third-order valence-corrected chi connectivity index (χ3v) is 2.83. The minimum atomic E-state index is -3.37. The highest BCUT2D eigenvalue weighted by atomic mass is 32.2. The minimum absolute atomic E-state index is 0.0398. The van der Waals surface area contributed by atoms with Crippen molar-refractivity contribution < 1.29 is 23.1 Å². The highest BCUT2D eigenvalue weighted by Crippen LogP contribution is 2.10. The molecule has 0 aromatic heterocycles. The molecule has 0 aliphatic heterocycles. The fourth-order valence-electron chi connectivity index (χ4n) is 1.37. The Labute approximate surface area is 101 Å². The van der Waals surface area contributed by atoms with E-state index in [1.54, 1.807) is 0 Å². The first-order chi connectivity index (χ1) is 7.61. The van der Waals surface area contributed by atoms with E-state index in [-0.39, 0.29) is 12.5 Å². The molecule has 0 aromatic carbocycles. The molecule has 2 N–H and O–H groups in total. The van der Waals surface area contributed by atoms with Crippen LogP contribution in [0.4, 0.5) is 0 Å². The van der Waals surface area contributed by atoms with Crippen molar-refractivity contribution in [3.05, 3.63) is 0 Å². The van der Waals surface area contributed by atoms with Gasteiger partial charge in [0.25, 0.3) is 0 Å². The summed E-state index contributed by atoms with van der Waals surface area (Å²) < 4.78 is 21.6. The lowest BCUT2D eigenvalue weighted by molar-refractivity contribution is -0.142. The fraction of sp³-hybridized carbons (Fsp3) is 0.800. The molecule has 7 heteroatoms. The lowest BCUT2D eigenvalue weighted by Gasteiger charge is -2.15. The van der Waals surface area contributed by atoms with Crippen molar-refractivity contribution in [2.45, 2.75) is 20.3 Å². The van der Waals surface area contributed by atoms with Crippen LogP contribution in [0, 0.1) is 11.8 Å². The van der Waals surface area contributed by atoms with Gasteiger partial charge in [0.05, 0.1) is 5.92 Å². The number of nitrogens with one attached hydrogen (secondary N) is 1. The van der Waals surface area contributed by atoms with Crippen LogP contribution >= 0.6 is 0 Å². The number of hydrogen-bond acceptors (Lipinski definition) is 4. The molecule has 0 aliphatic rings. The SMILES string of the molecule is CC(C)CC(CNC(=O)CS(C)(=O)=O)C(=O)O. The van der Waals surface area contributed by atoms with Gasteiger partial charge in [-0.3, -0.25) is 9.59 Å². The second kappa shape index (κ2) is 6.58. The Morgan fingerprint density at radius 3 is 2.18 bits per heavy atom. The quantitative estimate of drug-likeness (QED) is 0.669. The van der Waals surface area contributed by atoms with E-state index < -0.39 is 33.4 Å². The molecule has 0 rings (SSSR count). The van der Waals surface area contributed by atoms with E-state index in [0.29, 0.717) is 6.42 Å². The Kier molecular flexibility index (Phi) is 6.15. The van der Waals surface area contributed by atoms with Gasteiger partial charge in [0.2, 0.25) is 5.91 Å². The summed E-state index contributed by atoms with van der Waals surface area (Å²) in [7, 11) is -3.37. The molecule has 0 heterocycles. The van der Waals surface area contributed by atoms with Crippen LogP contribution in [0.15, 0.2) is 0 Å². The Morgan fingerprint density at radius 2 is 1.82 bits per heavy atom. The van der Waals surface area contributed by atoms with Crippen LogP contribution in [0.1, 0.15) is 20.3 Å². The normalized spacial score (nSPS) is 13.4. The molecule has 6 nitrogen and oxygen atoms in total. The van der Waals surface area contributed by atoms with Gasteiger partial charge >= 0.3 is 5.97 Å². The van der Waals surface area contributed by atoms with Crippen molar-refractivity contribution in [3.8, 4) is 0 Å². The molecule has 17 heavy (non-hydrogen) atoms. The molecule has 0 bridgehead atoms. The maximum Gasteiger partial charge on any atom is 0.308 e. The number of carboxylic acids is 1. The van der Waals surface area contributed by atoms with Gasteiger partial charge in [-0.05, 0) is 12.3 Å². The molecule has 0 aromatic rings. The fourth-order valence-corrected chi connectivity index (χ4v) is 1.95. The third kappa shape index (κ3) is 8.67. The molecule has 1 amide bonds. The Hall–Kier alpha value is -1.11. The van der Waals surface area contributed by atoms with Gasteiger partial charge in [-0.15, -0.1) is 0 Å². The van der Waals surface area contributed by atoms with Gasteiger partial charge < -0.3 is 10.4 Å². The molecule has 0 fully saturated rings. The Morgan fingerprint density at radius 1 is 1.29 bits per heavy atom. The predicted molar refractivity (Wildman–Crippen MR) is 63.3 cm³/mol. The highest BCUT2D eigenvalue weighted by molar-refractivity contribution is 7.91. The van der Waals surface area contributed by atoms with Crippen LogP contribution in [0.3, 0.4) is 0 Å². The number of carboxylic acid groups (broad SMARTS) is 1. The van der Waals surface area contributed by atoms with Crippen LogP contribution in [0.25, 0.3) is 0 Å². The van der Waals surface area contributed by atoms with Crippen molar-refractivity contribution in [1.82, 2.24) is 5.32 Å². The highest BCUT2D eigenvalue weighted by Gasteiger charge is 2.20. The number of aliphatic carboxylic acids is 1. The number of rotatable bonds is 7. The second-order valence-corrected chi connectivity index (χ2v) is 6.68. The minimum Gasteiger partial charge on any atom is -0.481 e. The van der Waals surface area contributed by atoms with Crippen molar-refractivity contribution in [2.24, 2.45) is 11.8 Å². The summed E-state index contributed by atoms with van der Waals surface area (Å²) >= 11 is 0. The smallest absolute Gasteiger partial charge is 0.308 e. The molecular weight excluding hydrogens is 246 g/mol. The zero-order valence-electron chi connectivity index (χ0n) is 10.3. The van der Waals surface area contributed by atoms with E-state index in [1.807, 2.05) is 13.8 Å². The second-order valence-electron chi connectivity index (χ2n) is 4.54. The van der Waals surface area contributed by atoms with E-state index in [2.05, 4.69) is 5.32 Å². The lowest BCUT2D eigenvalue weighted by Crippen LogP contribution is -2.36. The molecular formula is C10H19NO5S. The summed E-state index contributed by atoms with van der Waals surface area (Å²) in [4.78, 5) is 22.1. The first-order valence-electron chi connectivity index (χ1n) is 5.29. The summed E-state index contributed by atoms with van der Waals surface area (Å²) in [6, 6.07) is 0. The molecule has 1 unspecified atom stereocenters. The van der Waals surface area contributed by atoms with E-state index in [9.17, 15) is 18.0 Å². The number of carbonyl (C=O) groups excluding carboxylic acids is 1. The van der Waals surface area contributed by atoms with Gasteiger partial charge in [-0.25, -0.2) is 8.42 Å². The lowest BCUT2D eigenvalue weighted by atomic mass is 9.97. The number of carbonyl (C=O) groups is 2. The molecule has 0 aliphatic carbocycles. The first kappa shape index (κ1) is 15.9. The monoisotopic (exact) mass is 265 g/mol. The van der Waals surface area contributed by atoms with Gasteiger partial charge in [0.15, 0.2) is 9.84 Å². The van der Waals surface area contributed by atoms with Gasteiger partial charge in [0.1, 0.15) is 5.75 Å². The number of hydrogen-bond donors (Lipinski definition) is 2.